The van der Waals surface area contributed by atoms with Gasteiger partial charge in [-0.1, -0.05) is 19.3 Å². The minimum absolute atomic E-state index is 0.697. The molecule has 106 valence electrons. The van der Waals surface area contributed by atoms with Crippen molar-refractivity contribution in [3.63, 3.8) is 0 Å². The van der Waals surface area contributed by atoms with Crippen LogP contribution in [0.1, 0.15) is 48.6 Å². The van der Waals surface area contributed by atoms with Gasteiger partial charge in [0.1, 0.15) is 0 Å². The van der Waals surface area contributed by atoms with Crippen LogP contribution in [0.4, 0.5) is 0 Å². The summed E-state index contributed by atoms with van der Waals surface area (Å²) in [6, 6.07) is 3.00. The molecule has 1 aromatic heterocycles. The molecule has 2 fully saturated rings. The molecule has 0 bridgehead atoms. The SMILES string of the molecule is Cc1ccsc1[C@@H](C1CCCCC1)N1CCNCC1. The second-order valence-corrected chi connectivity index (χ2v) is 7.04. The maximum atomic E-state index is 3.49. The van der Waals surface area contributed by atoms with Gasteiger partial charge in [-0.2, -0.15) is 0 Å². The molecule has 0 amide bonds. The normalized spacial score (nSPS) is 24.5. The summed E-state index contributed by atoms with van der Waals surface area (Å²) >= 11 is 1.98. The Morgan fingerprint density at radius 3 is 2.58 bits per heavy atom. The molecule has 0 aromatic carbocycles. The second-order valence-electron chi connectivity index (χ2n) is 6.10. The third kappa shape index (κ3) is 3.04. The Morgan fingerprint density at radius 2 is 1.95 bits per heavy atom. The standard InChI is InChI=1S/C16H26N2S/c1-13-7-12-19-16(13)15(14-5-3-2-4-6-14)18-10-8-17-9-11-18/h7,12,14-15,17H,2-6,8-11H2,1H3/t15-/m1/s1. The summed E-state index contributed by atoms with van der Waals surface area (Å²) in [5.74, 6) is 0.893. The van der Waals surface area contributed by atoms with Crippen molar-refractivity contribution >= 4 is 11.3 Å². The van der Waals surface area contributed by atoms with Gasteiger partial charge >= 0.3 is 0 Å². The highest BCUT2D eigenvalue weighted by atomic mass is 32.1. The number of aryl methyl sites for hydroxylation is 1. The highest BCUT2D eigenvalue weighted by Crippen LogP contribution is 2.41. The lowest BCUT2D eigenvalue weighted by molar-refractivity contribution is 0.105. The van der Waals surface area contributed by atoms with Crippen LogP contribution in [0.25, 0.3) is 0 Å². The van der Waals surface area contributed by atoms with Gasteiger partial charge < -0.3 is 5.32 Å². The summed E-state index contributed by atoms with van der Waals surface area (Å²) in [5.41, 5.74) is 1.51. The first-order chi connectivity index (χ1) is 9.36. The largest absolute Gasteiger partial charge is 0.314 e. The van der Waals surface area contributed by atoms with Gasteiger partial charge in [0.25, 0.3) is 0 Å². The van der Waals surface area contributed by atoms with Crippen LogP contribution < -0.4 is 5.32 Å². The molecule has 0 radical (unpaired) electrons. The van der Waals surface area contributed by atoms with Crippen LogP contribution in [0.3, 0.4) is 0 Å². The molecule has 1 aliphatic heterocycles. The predicted molar refractivity (Wildman–Crippen MR) is 82.8 cm³/mol. The summed E-state index contributed by atoms with van der Waals surface area (Å²) in [7, 11) is 0. The molecule has 0 spiro atoms. The van der Waals surface area contributed by atoms with Crippen LogP contribution in [0.15, 0.2) is 11.4 Å². The second kappa shape index (κ2) is 6.38. The minimum Gasteiger partial charge on any atom is -0.314 e. The maximum absolute atomic E-state index is 3.49. The highest BCUT2D eigenvalue weighted by molar-refractivity contribution is 7.10. The monoisotopic (exact) mass is 278 g/mol. The summed E-state index contributed by atoms with van der Waals surface area (Å²) in [6.07, 6.45) is 7.21. The summed E-state index contributed by atoms with van der Waals surface area (Å²) in [4.78, 5) is 4.40. The molecule has 2 nitrogen and oxygen atoms in total. The summed E-state index contributed by atoms with van der Waals surface area (Å²) in [5, 5.41) is 5.77. The van der Waals surface area contributed by atoms with Crippen molar-refractivity contribution in [2.75, 3.05) is 26.2 Å². The number of piperazine rings is 1. The van der Waals surface area contributed by atoms with E-state index in [1.165, 1.54) is 50.8 Å². The summed E-state index contributed by atoms with van der Waals surface area (Å²) < 4.78 is 0. The molecule has 1 atom stereocenters. The van der Waals surface area contributed by atoms with Crippen LogP contribution >= 0.6 is 11.3 Å². The van der Waals surface area contributed by atoms with E-state index in [4.69, 9.17) is 0 Å². The Morgan fingerprint density at radius 1 is 1.21 bits per heavy atom. The Labute approximate surface area is 121 Å². The average Bonchev–Trinajstić information content (AvgIpc) is 2.88. The molecule has 3 heteroatoms. The molecule has 1 saturated carbocycles. The van der Waals surface area contributed by atoms with Crippen LogP contribution in [0.5, 0.6) is 0 Å². The van der Waals surface area contributed by atoms with Crippen molar-refractivity contribution in [3.8, 4) is 0 Å². The molecular formula is C16H26N2S. The molecular weight excluding hydrogens is 252 g/mol. The van der Waals surface area contributed by atoms with Crippen LogP contribution in [-0.4, -0.2) is 31.1 Å². The zero-order chi connectivity index (χ0) is 13.1. The van der Waals surface area contributed by atoms with Crippen LogP contribution in [0, 0.1) is 12.8 Å². The third-order valence-electron chi connectivity index (χ3n) is 4.81. The maximum Gasteiger partial charge on any atom is 0.0473 e. The van der Waals surface area contributed by atoms with Gasteiger partial charge in [-0.25, -0.2) is 0 Å². The first kappa shape index (κ1) is 13.6. The Hall–Kier alpha value is -0.380. The lowest BCUT2D eigenvalue weighted by atomic mass is 9.82. The molecule has 19 heavy (non-hydrogen) atoms. The quantitative estimate of drug-likeness (QED) is 0.909. The van der Waals surface area contributed by atoms with Gasteiger partial charge in [-0.05, 0) is 42.7 Å². The number of thiophene rings is 1. The predicted octanol–water partition coefficient (Wildman–Crippen LogP) is 3.58. The highest BCUT2D eigenvalue weighted by Gasteiger charge is 2.32. The number of nitrogens with one attached hydrogen (secondary N) is 1. The van der Waals surface area contributed by atoms with Gasteiger partial charge in [-0.3, -0.25) is 4.90 Å². The Bertz CT molecular complexity index is 371. The van der Waals surface area contributed by atoms with E-state index in [2.05, 4.69) is 28.6 Å². The van der Waals surface area contributed by atoms with Gasteiger partial charge in [0.05, 0.1) is 0 Å². The van der Waals surface area contributed by atoms with Crippen molar-refractivity contribution in [3.05, 3.63) is 21.9 Å². The minimum atomic E-state index is 0.697. The molecule has 2 aliphatic rings. The van der Waals surface area contributed by atoms with Gasteiger partial charge in [-0.15, -0.1) is 11.3 Å². The van der Waals surface area contributed by atoms with Gasteiger partial charge in [0.15, 0.2) is 0 Å². The van der Waals surface area contributed by atoms with Crippen LogP contribution in [-0.2, 0) is 0 Å². The van der Waals surface area contributed by atoms with E-state index in [1.54, 1.807) is 4.88 Å². The van der Waals surface area contributed by atoms with Gasteiger partial charge in [0, 0.05) is 37.1 Å². The number of rotatable bonds is 3. The number of nitrogens with zero attached hydrogens (tertiary/aromatic N) is 1. The van der Waals surface area contributed by atoms with Crippen molar-refractivity contribution in [2.45, 2.75) is 45.1 Å². The van der Waals surface area contributed by atoms with Gasteiger partial charge in [0.2, 0.25) is 0 Å². The fourth-order valence-electron chi connectivity index (χ4n) is 3.78. The number of hydrogen-bond acceptors (Lipinski definition) is 3. The van der Waals surface area contributed by atoms with E-state index in [0.717, 1.165) is 19.0 Å². The number of hydrogen-bond donors (Lipinski definition) is 1. The van der Waals surface area contributed by atoms with E-state index in [9.17, 15) is 0 Å². The lowest BCUT2D eigenvalue weighted by Crippen LogP contribution is -2.47. The van der Waals surface area contributed by atoms with Crippen molar-refractivity contribution in [1.82, 2.24) is 10.2 Å². The van der Waals surface area contributed by atoms with E-state index >= 15 is 0 Å². The topological polar surface area (TPSA) is 15.3 Å². The van der Waals surface area contributed by atoms with Crippen LogP contribution in [0.2, 0.25) is 0 Å². The summed E-state index contributed by atoms with van der Waals surface area (Å²) in [6.45, 7) is 7.06. The smallest absolute Gasteiger partial charge is 0.0473 e. The van der Waals surface area contributed by atoms with E-state index < -0.39 is 0 Å². The molecule has 2 heterocycles. The third-order valence-corrected chi connectivity index (χ3v) is 5.90. The van der Waals surface area contributed by atoms with Crippen molar-refractivity contribution in [2.24, 2.45) is 5.92 Å². The lowest BCUT2D eigenvalue weighted by Gasteiger charge is -2.41. The fourth-order valence-corrected chi connectivity index (χ4v) is 4.93. The van der Waals surface area contributed by atoms with E-state index in [-0.39, 0.29) is 0 Å². The first-order valence-electron chi connectivity index (χ1n) is 7.85. The molecule has 1 N–H and O–H groups in total. The molecule has 3 rings (SSSR count). The molecule has 1 aromatic rings. The van der Waals surface area contributed by atoms with Crippen molar-refractivity contribution in [1.29, 1.82) is 0 Å². The molecule has 1 saturated heterocycles. The Balaban J connectivity index is 1.83. The molecule has 1 aliphatic carbocycles. The zero-order valence-electron chi connectivity index (χ0n) is 12.0. The first-order valence-corrected chi connectivity index (χ1v) is 8.73. The Kier molecular flexibility index (Phi) is 4.57. The molecule has 0 unspecified atom stereocenters. The van der Waals surface area contributed by atoms with Crippen molar-refractivity contribution < 1.29 is 0 Å². The zero-order valence-corrected chi connectivity index (χ0v) is 12.8. The van der Waals surface area contributed by atoms with E-state index in [1.807, 2.05) is 11.3 Å². The van der Waals surface area contributed by atoms with E-state index in [0.29, 0.717) is 6.04 Å². The average molecular weight is 278 g/mol. The fraction of sp³-hybridized carbons (Fsp3) is 0.750.